The Kier molecular flexibility index (Phi) is 4.45. The quantitative estimate of drug-likeness (QED) is 0.510. The molecule has 2 aliphatic rings. The van der Waals surface area contributed by atoms with Crippen molar-refractivity contribution >= 4 is 33.7 Å². The van der Waals surface area contributed by atoms with Crippen LogP contribution >= 0.6 is 15.9 Å². The highest BCUT2D eigenvalue weighted by Crippen LogP contribution is 2.57. The predicted molar refractivity (Wildman–Crippen MR) is 101 cm³/mol. The lowest BCUT2D eigenvalue weighted by atomic mass is 9.56. The minimum atomic E-state index is -1.69. The number of esters is 2. The van der Waals surface area contributed by atoms with Gasteiger partial charge in [-0.1, -0.05) is 28.1 Å². The van der Waals surface area contributed by atoms with Crippen molar-refractivity contribution in [1.29, 1.82) is 0 Å². The maximum absolute atomic E-state index is 13.4. The fourth-order valence-corrected chi connectivity index (χ4v) is 4.55. The van der Waals surface area contributed by atoms with E-state index in [1.807, 2.05) is 12.1 Å². The van der Waals surface area contributed by atoms with E-state index in [4.69, 9.17) is 13.9 Å². The normalized spacial score (nSPS) is 26.0. The molecule has 2 aromatic rings. The molecule has 1 aliphatic heterocycles. The van der Waals surface area contributed by atoms with Crippen molar-refractivity contribution in [2.24, 2.45) is 5.41 Å². The molecule has 1 saturated heterocycles. The fourth-order valence-electron chi connectivity index (χ4n) is 4.28. The molecule has 4 rings (SSSR count). The van der Waals surface area contributed by atoms with Crippen molar-refractivity contribution in [1.82, 2.24) is 0 Å². The summed E-state index contributed by atoms with van der Waals surface area (Å²) in [7, 11) is 0. The number of ketones is 1. The summed E-state index contributed by atoms with van der Waals surface area (Å²) in [6.07, 6.45) is 1.51. The fraction of sp³-hybridized carbons (Fsp3) is 0.381. The lowest BCUT2D eigenvalue weighted by Gasteiger charge is -2.49. The molecule has 2 atom stereocenters. The summed E-state index contributed by atoms with van der Waals surface area (Å²) in [5.74, 6) is -3.90. The van der Waals surface area contributed by atoms with Gasteiger partial charge in [-0.2, -0.15) is 0 Å². The third-order valence-electron chi connectivity index (χ3n) is 5.47. The molecule has 2 fully saturated rings. The molecule has 6 nitrogen and oxygen atoms in total. The number of carbonyl (C=O) groups excluding carboxylic acids is 3. The van der Waals surface area contributed by atoms with Crippen LogP contribution in [-0.4, -0.2) is 23.5 Å². The molecule has 28 heavy (non-hydrogen) atoms. The lowest BCUT2D eigenvalue weighted by molar-refractivity contribution is -0.256. The number of ether oxygens (including phenoxy) is 2. The average molecular weight is 447 g/mol. The Hall–Kier alpha value is -2.41. The highest BCUT2D eigenvalue weighted by molar-refractivity contribution is 9.10. The molecular formula is C21H19BrO6. The van der Waals surface area contributed by atoms with Crippen LogP contribution in [-0.2, 0) is 23.9 Å². The Morgan fingerprint density at radius 3 is 2.11 bits per heavy atom. The summed E-state index contributed by atoms with van der Waals surface area (Å²) < 4.78 is 17.4. The van der Waals surface area contributed by atoms with Gasteiger partial charge < -0.3 is 13.9 Å². The molecule has 0 bridgehead atoms. The van der Waals surface area contributed by atoms with E-state index in [0.29, 0.717) is 11.3 Å². The second-order valence-electron chi connectivity index (χ2n) is 7.67. The van der Waals surface area contributed by atoms with E-state index < -0.39 is 35.0 Å². The molecule has 0 amide bonds. The van der Waals surface area contributed by atoms with Gasteiger partial charge in [0.15, 0.2) is 5.41 Å². The summed E-state index contributed by atoms with van der Waals surface area (Å²) in [5.41, 5.74) is -0.990. The highest BCUT2D eigenvalue weighted by atomic mass is 79.9. The predicted octanol–water partition coefficient (Wildman–Crippen LogP) is 4.09. The molecule has 2 heterocycles. The van der Waals surface area contributed by atoms with Gasteiger partial charge in [0.1, 0.15) is 11.5 Å². The minimum absolute atomic E-state index is 0.00513. The van der Waals surface area contributed by atoms with E-state index >= 15 is 0 Å². The van der Waals surface area contributed by atoms with Gasteiger partial charge in [-0.3, -0.25) is 14.4 Å². The molecule has 0 unspecified atom stereocenters. The van der Waals surface area contributed by atoms with Gasteiger partial charge in [0.05, 0.1) is 12.2 Å². The molecule has 146 valence electrons. The number of hydrogen-bond acceptors (Lipinski definition) is 6. The van der Waals surface area contributed by atoms with E-state index in [9.17, 15) is 14.4 Å². The Labute approximate surface area is 170 Å². The van der Waals surface area contributed by atoms with Crippen molar-refractivity contribution in [2.75, 3.05) is 0 Å². The third kappa shape index (κ3) is 2.89. The molecular weight excluding hydrogens is 428 g/mol. The van der Waals surface area contributed by atoms with Crippen LogP contribution in [0.15, 0.2) is 51.6 Å². The highest BCUT2D eigenvalue weighted by Gasteiger charge is 2.68. The molecule has 1 aliphatic carbocycles. The van der Waals surface area contributed by atoms with E-state index in [-0.39, 0.29) is 18.6 Å². The van der Waals surface area contributed by atoms with Crippen molar-refractivity contribution < 1.29 is 28.3 Å². The second-order valence-corrected chi connectivity index (χ2v) is 8.58. The first-order valence-electron chi connectivity index (χ1n) is 9.01. The van der Waals surface area contributed by atoms with Crippen LogP contribution < -0.4 is 0 Å². The molecule has 7 heteroatoms. The topological polar surface area (TPSA) is 82.8 Å². The van der Waals surface area contributed by atoms with Crippen molar-refractivity contribution in [2.45, 2.75) is 44.3 Å². The van der Waals surface area contributed by atoms with Crippen LogP contribution in [0.3, 0.4) is 0 Å². The first-order valence-corrected chi connectivity index (χ1v) is 9.81. The Morgan fingerprint density at radius 1 is 0.929 bits per heavy atom. The van der Waals surface area contributed by atoms with Gasteiger partial charge in [0.25, 0.3) is 5.79 Å². The standard InChI is InChI=1S/C21H19BrO6/c1-20(2)27-18(24)21(19(25)28-20)15(12-5-7-13(22)8-6-12)10-14(23)11-16(21)17-4-3-9-26-17/h3-9,15-16H,10-11H2,1-2H3/t15-,16+/m0/s1. The second kappa shape index (κ2) is 6.58. The molecule has 1 aromatic carbocycles. The minimum Gasteiger partial charge on any atom is -0.469 e. The molecule has 0 N–H and O–H groups in total. The zero-order valence-corrected chi connectivity index (χ0v) is 17.0. The number of cyclic esters (lactones) is 2. The number of hydrogen-bond donors (Lipinski definition) is 0. The van der Waals surface area contributed by atoms with Crippen LogP contribution in [0.4, 0.5) is 0 Å². The summed E-state index contributed by atoms with van der Waals surface area (Å²) in [6, 6.07) is 10.6. The monoisotopic (exact) mass is 446 g/mol. The van der Waals surface area contributed by atoms with E-state index in [1.165, 1.54) is 20.1 Å². The zero-order chi connectivity index (χ0) is 20.1. The van der Waals surface area contributed by atoms with E-state index in [2.05, 4.69) is 15.9 Å². The summed E-state index contributed by atoms with van der Waals surface area (Å²) in [4.78, 5) is 39.4. The number of furan rings is 1. The average Bonchev–Trinajstić information content (AvgIpc) is 3.14. The molecule has 1 aromatic heterocycles. The van der Waals surface area contributed by atoms with Crippen molar-refractivity contribution in [3.63, 3.8) is 0 Å². The Balaban J connectivity index is 1.93. The lowest BCUT2D eigenvalue weighted by Crippen LogP contribution is -2.61. The van der Waals surface area contributed by atoms with Crippen LogP contribution in [0.5, 0.6) is 0 Å². The van der Waals surface area contributed by atoms with Crippen LogP contribution in [0.25, 0.3) is 0 Å². The largest absolute Gasteiger partial charge is 0.469 e. The number of carbonyl (C=O) groups is 3. The first-order chi connectivity index (χ1) is 13.2. The van der Waals surface area contributed by atoms with Crippen LogP contribution in [0.2, 0.25) is 0 Å². The smallest absolute Gasteiger partial charge is 0.328 e. The third-order valence-corrected chi connectivity index (χ3v) is 6.00. The first kappa shape index (κ1) is 18.9. The summed E-state index contributed by atoms with van der Waals surface area (Å²) in [6.45, 7) is 3.03. The van der Waals surface area contributed by atoms with Crippen LogP contribution in [0, 0.1) is 5.41 Å². The maximum Gasteiger partial charge on any atom is 0.328 e. The SMILES string of the molecule is CC1(C)OC(=O)C2(C(=O)O1)[C@@H](c1ccco1)CC(=O)C[C@H]2c1ccc(Br)cc1. The number of halogens is 1. The van der Waals surface area contributed by atoms with Gasteiger partial charge in [-0.15, -0.1) is 0 Å². The Morgan fingerprint density at radius 2 is 1.54 bits per heavy atom. The number of Topliss-reactive ketones (excluding diaryl/α,β-unsaturated/α-hetero) is 1. The van der Waals surface area contributed by atoms with Gasteiger partial charge in [-0.05, 0) is 29.8 Å². The van der Waals surface area contributed by atoms with Crippen molar-refractivity contribution in [3.05, 3.63) is 58.5 Å². The Bertz CT molecular complexity index is 908. The van der Waals surface area contributed by atoms with Gasteiger partial charge in [0.2, 0.25) is 0 Å². The summed E-state index contributed by atoms with van der Waals surface area (Å²) >= 11 is 3.39. The molecule has 1 spiro atoms. The molecule has 0 radical (unpaired) electrons. The summed E-state index contributed by atoms with van der Waals surface area (Å²) in [5, 5.41) is 0. The van der Waals surface area contributed by atoms with Gasteiger partial charge >= 0.3 is 11.9 Å². The number of benzene rings is 1. The van der Waals surface area contributed by atoms with Gasteiger partial charge in [0, 0.05) is 37.1 Å². The van der Waals surface area contributed by atoms with E-state index in [0.717, 1.165) is 4.47 Å². The van der Waals surface area contributed by atoms with Gasteiger partial charge in [-0.25, -0.2) is 0 Å². The van der Waals surface area contributed by atoms with Crippen LogP contribution in [0.1, 0.15) is 49.8 Å². The van der Waals surface area contributed by atoms with E-state index in [1.54, 1.807) is 24.3 Å². The molecule has 1 saturated carbocycles. The number of rotatable bonds is 2. The zero-order valence-electron chi connectivity index (χ0n) is 15.4. The maximum atomic E-state index is 13.4. The van der Waals surface area contributed by atoms with Crippen molar-refractivity contribution in [3.8, 4) is 0 Å².